The molecule has 3 rings (SSSR count). The van der Waals surface area contributed by atoms with Crippen LogP contribution in [0.3, 0.4) is 0 Å². The number of nitriles is 1. The van der Waals surface area contributed by atoms with Gasteiger partial charge >= 0.3 is 0 Å². The van der Waals surface area contributed by atoms with E-state index in [1.54, 1.807) is 12.1 Å². The van der Waals surface area contributed by atoms with Gasteiger partial charge in [0.15, 0.2) is 5.09 Å². The maximum atomic E-state index is 12.1. The summed E-state index contributed by atoms with van der Waals surface area (Å²) in [5, 5.41) is 20.7. The van der Waals surface area contributed by atoms with E-state index in [0.29, 0.717) is 21.0 Å². The lowest BCUT2D eigenvalue weighted by molar-refractivity contribution is -0.112. The zero-order valence-electron chi connectivity index (χ0n) is 13.2. The first-order chi connectivity index (χ1) is 12.6. The van der Waals surface area contributed by atoms with E-state index in [4.69, 9.17) is 16.0 Å². The van der Waals surface area contributed by atoms with Crippen LogP contribution in [0.1, 0.15) is 11.3 Å². The number of nitrogens with zero attached hydrogens (tertiary/aromatic N) is 3. The van der Waals surface area contributed by atoms with E-state index in [-0.39, 0.29) is 5.57 Å². The Bertz CT molecular complexity index is 960. The molecule has 6 nitrogen and oxygen atoms in total. The van der Waals surface area contributed by atoms with Crippen LogP contribution in [-0.4, -0.2) is 16.1 Å². The minimum Gasteiger partial charge on any atom is -0.450 e. The molecule has 3 aromatic rings. The monoisotopic (exact) mass is 402 g/mol. The van der Waals surface area contributed by atoms with Crippen molar-refractivity contribution in [1.29, 1.82) is 5.26 Å². The average Bonchev–Trinajstić information content (AvgIpc) is 3.31. The first-order valence-corrected chi connectivity index (χ1v) is 9.55. The van der Waals surface area contributed by atoms with Crippen molar-refractivity contribution >= 4 is 51.8 Å². The number of nitrogens with one attached hydrogen (secondary N) is 1. The van der Waals surface area contributed by atoms with Crippen molar-refractivity contribution in [3.8, 4) is 6.07 Å². The standard InChI is InChI=1S/C17H11ClN4O2S2/c18-13-3-1-11(2-4-13)9-25-15-6-5-14(24-15)7-12(8-19)16(23)21-17-22-20-10-26-17/h1-7,10H,9H2,(H,21,22,23)/b12-7-. The minimum atomic E-state index is -0.559. The maximum Gasteiger partial charge on any atom is 0.268 e. The predicted octanol–water partition coefficient (Wildman–Crippen LogP) is 4.62. The van der Waals surface area contributed by atoms with Gasteiger partial charge in [0.2, 0.25) is 5.13 Å². The van der Waals surface area contributed by atoms with Gasteiger partial charge in [-0.1, -0.05) is 46.8 Å². The fourth-order valence-electron chi connectivity index (χ4n) is 1.91. The van der Waals surface area contributed by atoms with E-state index < -0.39 is 5.91 Å². The van der Waals surface area contributed by atoms with Crippen molar-refractivity contribution in [2.45, 2.75) is 10.8 Å². The third kappa shape index (κ3) is 4.95. The summed E-state index contributed by atoms with van der Waals surface area (Å²) in [6.45, 7) is 0. The SMILES string of the molecule is N#C/C(=C/c1ccc(SCc2ccc(Cl)cc2)o1)C(=O)Nc1nncs1. The van der Waals surface area contributed by atoms with Crippen molar-refractivity contribution in [3.05, 3.63) is 63.8 Å². The predicted molar refractivity (Wildman–Crippen MR) is 102 cm³/mol. The second-order valence-corrected chi connectivity index (χ2v) is 7.19. The van der Waals surface area contributed by atoms with Crippen LogP contribution in [0.5, 0.6) is 0 Å². The first-order valence-electron chi connectivity index (χ1n) is 7.30. The highest BCUT2D eigenvalue weighted by Crippen LogP contribution is 2.26. The molecule has 0 unspecified atom stereocenters. The molecule has 0 radical (unpaired) electrons. The van der Waals surface area contributed by atoms with Gasteiger partial charge in [0.25, 0.3) is 5.91 Å². The Kier molecular flexibility index (Phi) is 6.07. The van der Waals surface area contributed by atoms with Gasteiger partial charge < -0.3 is 4.42 Å². The molecule has 0 atom stereocenters. The van der Waals surface area contributed by atoms with Gasteiger partial charge in [-0.3, -0.25) is 10.1 Å². The molecule has 0 aliphatic rings. The number of hydrogen-bond donors (Lipinski definition) is 1. The highest BCUT2D eigenvalue weighted by atomic mass is 35.5. The van der Waals surface area contributed by atoms with Gasteiger partial charge in [0, 0.05) is 16.9 Å². The Labute approximate surface area is 162 Å². The number of halogens is 1. The van der Waals surface area contributed by atoms with Crippen LogP contribution in [0.15, 0.2) is 57.0 Å². The number of carbonyl (C=O) groups excluding carboxylic acids is 1. The zero-order valence-corrected chi connectivity index (χ0v) is 15.6. The normalized spacial score (nSPS) is 11.2. The highest BCUT2D eigenvalue weighted by molar-refractivity contribution is 7.98. The Balaban J connectivity index is 1.63. The summed E-state index contributed by atoms with van der Waals surface area (Å²) in [7, 11) is 0. The minimum absolute atomic E-state index is 0.0798. The highest BCUT2D eigenvalue weighted by Gasteiger charge is 2.12. The van der Waals surface area contributed by atoms with Gasteiger partial charge in [-0.25, -0.2) is 0 Å². The first kappa shape index (κ1) is 18.2. The summed E-state index contributed by atoms with van der Waals surface area (Å²) >= 11 is 8.54. The molecule has 130 valence electrons. The summed E-state index contributed by atoms with van der Waals surface area (Å²) < 4.78 is 5.65. The summed E-state index contributed by atoms with van der Waals surface area (Å²) in [4.78, 5) is 12.1. The van der Waals surface area contributed by atoms with E-state index in [2.05, 4.69) is 15.5 Å². The van der Waals surface area contributed by atoms with Crippen LogP contribution in [0.2, 0.25) is 5.02 Å². The van der Waals surface area contributed by atoms with Crippen LogP contribution in [-0.2, 0) is 10.5 Å². The Morgan fingerprint density at radius 1 is 1.35 bits per heavy atom. The van der Waals surface area contributed by atoms with Crippen molar-refractivity contribution in [2.75, 3.05) is 5.32 Å². The van der Waals surface area contributed by atoms with Gasteiger partial charge in [0.05, 0.1) is 0 Å². The molecule has 0 aliphatic carbocycles. The van der Waals surface area contributed by atoms with Crippen molar-refractivity contribution in [3.63, 3.8) is 0 Å². The van der Waals surface area contributed by atoms with Crippen LogP contribution >= 0.6 is 34.7 Å². The lowest BCUT2D eigenvalue weighted by Gasteiger charge is -2.00. The molecule has 0 aliphatic heterocycles. The average molecular weight is 403 g/mol. The number of carbonyl (C=O) groups is 1. The Morgan fingerprint density at radius 2 is 2.15 bits per heavy atom. The number of furan rings is 1. The molecule has 1 aromatic carbocycles. The van der Waals surface area contributed by atoms with E-state index in [1.165, 1.54) is 34.7 Å². The number of rotatable bonds is 6. The van der Waals surface area contributed by atoms with Crippen molar-refractivity contribution in [1.82, 2.24) is 10.2 Å². The van der Waals surface area contributed by atoms with Gasteiger partial charge in [0.1, 0.15) is 22.9 Å². The van der Waals surface area contributed by atoms with E-state index in [9.17, 15) is 10.1 Å². The quantitative estimate of drug-likeness (QED) is 0.367. The van der Waals surface area contributed by atoms with Crippen molar-refractivity contribution < 1.29 is 9.21 Å². The van der Waals surface area contributed by atoms with Crippen LogP contribution in [0.25, 0.3) is 6.08 Å². The Hall–Kier alpha value is -2.60. The molecule has 1 N–H and O–H groups in total. The molecule has 9 heteroatoms. The molecule has 26 heavy (non-hydrogen) atoms. The number of aromatic nitrogens is 2. The summed E-state index contributed by atoms with van der Waals surface area (Å²) in [6.07, 6.45) is 1.39. The number of hydrogen-bond acceptors (Lipinski definition) is 7. The smallest absolute Gasteiger partial charge is 0.268 e. The second-order valence-electron chi connectivity index (χ2n) is 4.94. The molecule has 0 saturated carbocycles. The lowest BCUT2D eigenvalue weighted by Crippen LogP contribution is -2.13. The molecule has 1 amide bonds. The lowest BCUT2D eigenvalue weighted by atomic mass is 10.2. The third-order valence-electron chi connectivity index (χ3n) is 3.13. The van der Waals surface area contributed by atoms with E-state index in [0.717, 1.165) is 11.3 Å². The molecular formula is C17H11ClN4O2S2. The molecule has 0 saturated heterocycles. The molecule has 0 fully saturated rings. The fourth-order valence-corrected chi connectivity index (χ4v) is 3.29. The molecule has 0 spiro atoms. The van der Waals surface area contributed by atoms with Gasteiger partial charge in [-0.2, -0.15) is 5.26 Å². The van der Waals surface area contributed by atoms with E-state index in [1.807, 2.05) is 30.3 Å². The number of anilines is 1. The fraction of sp³-hybridized carbons (Fsp3) is 0.0588. The third-order valence-corrected chi connectivity index (χ3v) is 4.97. The van der Waals surface area contributed by atoms with Gasteiger partial charge in [-0.15, -0.1) is 10.2 Å². The van der Waals surface area contributed by atoms with E-state index >= 15 is 0 Å². The number of thioether (sulfide) groups is 1. The number of amides is 1. The largest absolute Gasteiger partial charge is 0.450 e. The van der Waals surface area contributed by atoms with Crippen LogP contribution in [0, 0.1) is 11.3 Å². The van der Waals surface area contributed by atoms with Crippen LogP contribution < -0.4 is 5.32 Å². The Morgan fingerprint density at radius 3 is 2.85 bits per heavy atom. The summed E-state index contributed by atoms with van der Waals surface area (Å²) in [5.74, 6) is 0.583. The second kappa shape index (κ2) is 8.67. The molecular weight excluding hydrogens is 392 g/mol. The molecule has 2 aromatic heterocycles. The molecule has 0 bridgehead atoms. The van der Waals surface area contributed by atoms with Crippen molar-refractivity contribution in [2.24, 2.45) is 0 Å². The number of benzene rings is 1. The summed E-state index contributed by atoms with van der Waals surface area (Å²) in [6, 6.07) is 12.9. The van der Waals surface area contributed by atoms with Gasteiger partial charge in [-0.05, 0) is 29.8 Å². The zero-order chi connectivity index (χ0) is 18.4. The maximum absolute atomic E-state index is 12.1. The topological polar surface area (TPSA) is 91.8 Å². The molecule has 2 heterocycles. The van der Waals surface area contributed by atoms with Crippen LogP contribution in [0.4, 0.5) is 5.13 Å². The summed E-state index contributed by atoms with van der Waals surface area (Å²) in [5.41, 5.74) is 2.52.